The average Bonchev–Trinajstić information content (AvgIpc) is 2.75. The van der Waals surface area contributed by atoms with E-state index in [4.69, 9.17) is 16.1 Å². The van der Waals surface area contributed by atoms with Gasteiger partial charge in [-0.1, -0.05) is 22.8 Å². The molecule has 0 amide bonds. The number of nitrogens with one attached hydrogen (secondary N) is 1. The quantitative estimate of drug-likeness (QED) is 0.823. The Morgan fingerprint density at radius 2 is 2.12 bits per heavy atom. The Morgan fingerprint density at radius 1 is 1.31 bits per heavy atom. The lowest BCUT2D eigenvalue weighted by Crippen LogP contribution is -2.43. The van der Waals surface area contributed by atoms with E-state index in [-0.39, 0.29) is 0 Å². The molecule has 0 bridgehead atoms. The van der Waals surface area contributed by atoms with Gasteiger partial charge in [-0.15, -0.1) is 0 Å². The van der Waals surface area contributed by atoms with E-state index in [1.807, 2.05) is 18.2 Å². The first kappa shape index (κ1) is 9.93. The van der Waals surface area contributed by atoms with Gasteiger partial charge in [-0.05, 0) is 12.1 Å². The maximum atomic E-state index is 6.18. The number of aromatic nitrogens is 1. The van der Waals surface area contributed by atoms with Gasteiger partial charge in [0.2, 0.25) is 0 Å². The largest absolute Gasteiger partial charge is 0.354 e. The number of halogens is 1. The molecule has 2 aromatic rings. The van der Waals surface area contributed by atoms with Crippen LogP contribution in [0, 0.1) is 0 Å². The summed E-state index contributed by atoms with van der Waals surface area (Å²) in [7, 11) is 0. The zero-order valence-electron chi connectivity index (χ0n) is 8.74. The highest BCUT2D eigenvalue weighted by atomic mass is 35.5. The lowest BCUT2D eigenvalue weighted by Gasteiger charge is -2.27. The molecule has 1 aliphatic heterocycles. The summed E-state index contributed by atoms with van der Waals surface area (Å²) in [5.41, 5.74) is 0.751. The van der Waals surface area contributed by atoms with Gasteiger partial charge in [0.05, 0.1) is 10.4 Å². The lowest BCUT2D eigenvalue weighted by molar-refractivity contribution is 0.451. The smallest absolute Gasteiger partial charge is 0.181 e. The van der Waals surface area contributed by atoms with Crippen LogP contribution in [-0.2, 0) is 0 Å². The van der Waals surface area contributed by atoms with E-state index in [1.54, 1.807) is 0 Å². The third kappa shape index (κ3) is 1.54. The second-order valence-electron chi connectivity index (χ2n) is 3.86. The van der Waals surface area contributed by atoms with Crippen molar-refractivity contribution in [2.45, 2.75) is 0 Å². The first-order valence-corrected chi connectivity index (χ1v) is 5.73. The lowest BCUT2D eigenvalue weighted by atomic mass is 10.2. The fourth-order valence-corrected chi connectivity index (χ4v) is 2.28. The van der Waals surface area contributed by atoms with E-state index in [1.165, 1.54) is 0 Å². The highest BCUT2D eigenvalue weighted by Crippen LogP contribution is 2.32. The van der Waals surface area contributed by atoms with Crippen LogP contribution in [0.5, 0.6) is 0 Å². The number of hydrogen-bond acceptors (Lipinski definition) is 4. The van der Waals surface area contributed by atoms with Gasteiger partial charge in [0.1, 0.15) is 0 Å². The Hall–Kier alpha value is -1.26. The first-order valence-electron chi connectivity index (χ1n) is 5.36. The van der Waals surface area contributed by atoms with E-state index in [9.17, 15) is 0 Å². The Balaban J connectivity index is 2.09. The summed E-state index contributed by atoms with van der Waals surface area (Å²) in [6.07, 6.45) is 0. The minimum atomic E-state index is 0.701. The predicted octanol–water partition coefficient (Wildman–Crippen LogP) is 1.89. The van der Waals surface area contributed by atoms with Gasteiger partial charge in [0.15, 0.2) is 11.4 Å². The van der Waals surface area contributed by atoms with E-state index in [0.717, 1.165) is 43.0 Å². The molecule has 0 aliphatic carbocycles. The molecule has 0 spiro atoms. The van der Waals surface area contributed by atoms with Crippen LogP contribution in [0.2, 0.25) is 5.02 Å². The van der Waals surface area contributed by atoms with E-state index < -0.39 is 0 Å². The summed E-state index contributed by atoms with van der Waals surface area (Å²) in [4.78, 5) is 2.20. The molecule has 0 unspecified atom stereocenters. The number of piperazine rings is 1. The third-order valence-electron chi connectivity index (χ3n) is 2.85. The molecule has 4 nitrogen and oxygen atoms in total. The number of benzene rings is 1. The van der Waals surface area contributed by atoms with Gasteiger partial charge in [-0.2, -0.15) is 0 Å². The average molecular weight is 238 g/mol. The fourth-order valence-electron chi connectivity index (χ4n) is 2.03. The number of hydrogen-bond donors (Lipinski definition) is 1. The van der Waals surface area contributed by atoms with Crippen molar-refractivity contribution in [3.63, 3.8) is 0 Å². The molecular formula is C11H12ClN3O. The number of nitrogens with zero attached hydrogens (tertiary/aromatic N) is 2. The molecule has 2 heterocycles. The molecule has 84 valence electrons. The molecule has 1 N–H and O–H groups in total. The van der Waals surface area contributed by atoms with Crippen molar-refractivity contribution >= 4 is 28.4 Å². The van der Waals surface area contributed by atoms with Crippen LogP contribution in [0.4, 0.5) is 5.82 Å². The molecule has 5 heteroatoms. The van der Waals surface area contributed by atoms with Crippen molar-refractivity contribution in [2.75, 3.05) is 31.1 Å². The van der Waals surface area contributed by atoms with Crippen molar-refractivity contribution in [1.29, 1.82) is 0 Å². The molecule has 1 aromatic heterocycles. The Kier molecular flexibility index (Phi) is 2.46. The predicted molar refractivity (Wildman–Crippen MR) is 64.1 cm³/mol. The Labute approximate surface area is 98.1 Å². The van der Waals surface area contributed by atoms with Crippen molar-refractivity contribution in [1.82, 2.24) is 10.5 Å². The normalized spacial score (nSPS) is 16.9. The first-order chi connectivity index (χ1) is 7.86. The van der Waals surface area contributed by atoms with E-state index in [0.29, 0.717) is 5.02 Å². The maximum absolute atomic E-state index is 6.18. The molecule has 1 aromatic carbocycles. The third-order valence-corrected chi connectivity index (χ3v) is 3.16. The summed E-state index contributed by atoms with van der Waals surface area (Å²) in [5.74, 6) is 0.863. The molecule has 1 fully saturated rings. The highest BCUT2D eigenvalue weighted by molar-refractivity contribution is 6.36. The number of rotatable bonds is 1. The molecule has 0 atom stereocenters. The molecule has 1 saturated heterocycles. The SMILES string of the molecule is Clc1cccc2onc(N3CCNCC3)c12. The van der Waals surface area contributed by atoms with Crippen LogP contribution >= 0.6 is 11.6 Å². The van der Waals surface area contributed by atoms with Crippen molar-refractivity contribution in [3.8, 4) is 0 Å². The molecule has 3 rings (SSSR count). The molecule has 16 heavy (non-hydrogen) atoms. The molecule has 0 radical (unpaired) electrons. The van der Waals surface area contributed by atoms with Gasteiger partial charge in [-0.25, -0.2) is 0 Å². The fraction of sp³-hybridized carbons (Fsp3) is 0.364. The summed E-state index contributed by atoms with van der Waals surface area (Å²) in [6.45, 7) is 3.82. The van der Waals surface area contributed by atoms with Gasteiger partial charge >= 0.3 is 0 Å². The van der Waals surface area contributed by atoms with Crippen LogP contribution in [-0.4, -0.2) is 31.3 Å². The highest BCUT2D eigenvalue weighted by Gasteiger charge is 2.19. The van der Waals surface area contributed by atoms with Crippen molar-refractivity contribution in [3.05, 3.63) is 23.2 Å². The summed E-state index contributed by atoms with van der Waals surface area (Å²) >= 11 is 6.18. The van der Waals surface area contributed by atoms with Crippen LogP contribution in [0.1, 0.15) is 0 Å². The number of anilines is 1. The van der Waals surface area contributed by atoms with Gasteiger partial charge in [0.25, 0.3) is 0 Å². The Morgan fingerprint density at radius 3 is 2.94 bits per heavy atom. The second kappa shape index (κ2) is 3.96. The van der Waals surface area contributed by atoms with Gasteiger partial charge < -0.3 is 14.7 Å². The second-order valence-corrected chi connectivity index (χ2v) is 4.26. The van der Waals surface area contributed by atoms with Crippen molar-refractivity contribution in [2.24, 2.45) is 0 Å². The van der Waals surface area contributed by atoms with Crippen LogP contribution in [0.3, 0.4) is 0 Å². The minimum absolute atomic E-state index is 0.701. The monoisotopic (exact) mass is 237 g/mol. The topological polar surface area (TPSA) is 41.3 Å². The standard InChI is InChI=1S/C11H12ClN3O/c12-8-2-1-3-9-10(8)11(14-16-9)15-6-4-13-5-7-15/h1-3,13H,4-7H2. The van der Waals surface area contributed by atoms with E-state index >= 15 is 0 Å². The zero-order valence-corrected chi connectivity index (χ0v) is 9.50. The number of fused-ring (bicyclic) bond motifs is 1. The summed E-state index contributed by atoms with van der Waals surface area (Å²) in [5, 5.41) is 9.05. The van der Waals surface area contributed by atoms with Crippen LogP contribution in [0.15, 0.2) is 22.7 Å². The zero-order chi connectivity index (χ0) is 11.0. The van der Waals surface area contributed by atoms with Gasteiger partial charge in [-0.3, -0.25) is 0 Å². The van der Waals surface area contributed by atoms with Crippen LogP contribution in [0.25, 0.3) is 11.0 Å². The van der Waals surface area contributed by atoms with Crippen molar-refractivity contribution < 1.29 is 4.52 Å². The minimum Gasteiger partial charge on any atom is -0.354 e. The maximum Gasteiger partial charge on any atom is 0.181 e. The molecule has 1 aliphatic rings. The Bertz CT molecular complexity index is 505. The summed E-state index contributed by atoms with van der Waals surface area (Å²) in [6, 6.07) is 5.63. The van der Waals surface area contributed by atoms with Gasteiger partial charge in [0, 0.05) is 26.2 Å². The summed E-state index contributed by atoms with van der Waals surface area (Å²) < 4.78 is 5.29. The van der Waals surface area contributed by atoms with E-state index in [2.05, 4.69) is 15.4 Å². The van der Waals surface area contributed by atoms with Crippen LogP contribution < -0.4 is 10.2 Å². The molecular weight excluding hydrogens is 226 g/mol. The molecule has 0 saturated carbocycles.